The third-order valence-electron chi connectivity index (χ3n) is 3.61. The van der Waals surface area contributed by atoms with Gasteiger partial charge in [0.1, 0.15) is 4.90 Å². The highest BCUT2D eigenvalue weighted by Crippen LogP contribution is 2.22. The average Bonchev–Trinajstić information content (AvgIpc) is 3.18. The Morgan fingerprint density at radius 1 is 1.48 bits per heavy atom. The van der Waals surface area contributed by atoms with Gasteiger partial charge < -0.3 is 5.32 Å². The van der Waals surface area contributed by atoms with E-state index in [0.717, 1.165) is 19.3 Å². The molecular formula is C13H24N4O2S2. The molecule has 1 aromatic rings. The lowest BCUT2D eigenvalue weighted by Crippen LogP contribution is -2.28. The molecule has 0 bridgehead atoms. The maximum atomic E-state index is 12.5. The number of nitrogens with zero attached hydrogens (tertiary/aromatic N) is 1. The zero-order chi connectivity index (χ0) is 15.5. The number of aromatic amines is 1. The van der Waals surface area contributed by atoms with Crippen LogP contribution < -0.4 is 10.0 Å². The van der Waals surface area contributed by atoms with E-state index in [9.17, 15) is 8.42 Å². The Labute approximate surface area is 130 Å². The third kappa shape index (κ3) is 4.70. The Morgan fingerprint density at radius 2 is 2.19 bits per heavy atom. The van der Waals surface area contributed by atoms with Gasteiger partial charge in [-0.05, 0) is 32.4 Å². The van der Waals surface area contributed by atoms with Gasteiger partial charge in [0.05, 0.1) is 11.4 Å². The molecule has 1 atom stereocenters. The van der Waals surface area contributed by atoms with Crippen molar-refractivity contribution in [3.63, 3.8) is 0 Å². The van der Waals surface area contributed by atoms with Gasteiger partial charge in [0, 0.05) is 24.4 Å². The quantitative estimate of drug-likeness (QED) is 0.636. The molecule has 21 heavy (non-hydrogen) atoms. The summed E-state index contributed by atoms with van der Waals surface area (Å²) in [6.07, 6.45) is 5.17. The highest BCUT2D eigenvalue weighted by Gasteiger charge is 2.26. The lowest BCUT2D eigenvalue weighted by molar-refractivity contribution is 0.575. The lowest BCUT2D eigenvalue weighted by Gasteiger charge is -2.11. The minimum absolute atomic E-state index is 0.299. The molecule has 2 rings (SSSR count). The zero-order valence-corrected chi connectivity index (χ0v) is 14.4. The number of nitrogens with one attached hydrogen (secondary N) is 3. The number of thioether (sulfide) groups is 1. The third-order valence-corrected chi connectivity index (χ3v) is 6.31. The predicted molar refractivity (Wildman–Crippen MR) is 86.0 cm³/mol. The Bertz CT molecular complexity index is 567. The zero-order valence-electron chi connectivity index (χ0n) is 12.8. The van der Waals surface area contributed by atoms with Crippen LogP contribution >= 0.6 is 11.8 Å². The second-order valence-corrected chi connectivity index (χ2v) is 8.49. The van der Waals surface area contributed by atoms with E-state index < -0.39 is 10.0 Å². The van der Waals surface area contributed by atoms with Crippen LogP contribution in [-0.2, 0) is 16.6 Å². The van der Waals surface area contributed by atoms with Crippen molar-refractivity contribution in [2.24, 2.45) is 0 Å². The Balaban J connectivity index is 2.01. The molecule has 0 aliphatic heterocycles. The molecule has 1 unspecified atom stereocenters. The molecule has 1 aromatic heterocycles. The first-order valence-electron chi connectivity index (χ1n) is 7.23. The molecule has 0 aromatic carbocycles. The number of hydrogen-bond donors (Lipinski definition) is 3. The first kappa shape index (κ1) is 16.8. The molecule has 0 saturated heterocycles. The van der Waals surface area contributed by atoms with E-state index >= 15 is 0 Å². The van der Waals surface area contributed by atoms with Gasteiger partial charge in [0.25, 0.3) is 0 Å². The van der Waals surface area contributed by atoms with Crippen LogP contribution in [0.25, 0.3) is 0 Å². The van der Waals surface area contributed by atoms with Crippen molar-refractivity contribution < 1.29 is 8.42 Å². The lowest BCUT2D eigenvalue weighted by atomic mass is 10.3. The fourth-order valence-corrected chi connectivity index (χ4v) is 3.82. The number of aryl methyl sites for hydroxylation is 1. The van der Waals surface area contributed by atoms with Gasteiger partial charge >= 0.3 is 0 Å². The summed E-state index contributed by atoms with van der Waals surface area (Å²) >= 11 is 1.73. The summed E-state index contributed by atoms with van der Waals surface area (Å²) in [4.78, 5) is 0.299. The maximum absolute atomic E-state index is 12.5. The number of hydrogen-bond acceptors (Lipinski definition) is 5. The normalized spacial score (nSPS) is 17.1. The Morgan fingerprint density at radius 3 is 2.81 bits per heavy atom. The summed E-state index contributed by atoms with van der Waals surface area (Å²) in [5.41, 5.74) is 1.16. The number of aromatic nitrogens is 2. The highest BCUT2D eigenvalue weighted by atomic mass is 32.2. The van der Waals surface area contributed by atoms with Gasteiger partial charge in [-0.25, -0.2) is 13.1 Å². The standard InChI is InChI=1S/C13H24N4O2S2/c1-9(20-3)6-7-15-21(18,19)13-10(2)16-17-12(13)8-14-11-4-5-11/h9,11,14-15H,4-8H2,1-3H3,(H,16,17). The van der Waals surface area contributed by atoms with Crippen LogP contribution in [0.5, 0.6) is 0 Å². The molecular weight excluding hydrogens is 308 g/mol. The van der Waals surface area contributed by atoms with Gasteiger partial charge in [-0.3, -0.25) is 5.10 Å². The number of sulfonamides is 1. The van der Waals surface area contributed by atoms with E-state index in [1.165, 1.54) is 0 Å². The molecule has 120 valence electrons. The largest absolute Gasteiger partial charge is 0.308 e. The molecule has 0 radical (unpaired) electrons. The monoisotopic (exact) mass is 332 g/mol. The molecule has 6 nitrogen and oxygen atoms in total. The number of H-pyrrole nitrogens is 1. The molecule has 0 spiro atoms. The summed E-state index contributed by atoms with van der Waals surface area (Å²) in [7, 11) is -3.50. The fourth-order valence-electron chi connectivity index (χ4n) is 2.06. The molecule has 1 saturated carbocycles. The van der Waals surface area contributed by atoms with E-state index in [0.29, 0.717) is 40.7 Å². The van der Waals surface area contributed by atoms with Crippen molar-refractivity contribution in [3.8, 4) is 0 Å². The van der Waals surface area contributed by atoms with Crippen LogP contribution in [0.15, 0.2) is 4.90 Å². The molecule has 1 aliphatic carbocycles. The van der Waals surface area contributed by atoms with Gasteiger partial charge in [0.15, 0.2) is 0 Å². The first-order chi connectivity index (χ1) is 9.94. The summed E-state index contributed by atoms with van der Waals surface area (Å²) < 4.78 is 27.6. The topological polar surface area (TPSA) is 86.9 Å². The predicted octanol–water partition coefficient (Wildman–Crippen LogP) is 1.39. The van der Waals surface area contributed by atoms with Crippen LogP contribution in [0.3, 0.4) is 0 Å². The minimum Gasteiger partial charge on any atom is -0.308 e. The van der Waals surface area contributed by atoms with Crippen molar-refractivity contribution >= 4 is 21.8 Å². The van der Waals surface area contributed by atoms with Crippen LogP contribution in [0.4, 0.5) is 0 Å². The average molecular weight is 332 g/mol. The van der Waals surface area contributed by atoms with Gasteiger partial charge in [-0.1, -0.05) is 6.92 Å². The van der Waals surface area contributed by atoms with Crippen LogP contribution in [0.1, 0.15) is 37.6 Å². The van der Waals surface area contributed by atoms with Crippen molar-refractivity contribution in [1.82, 2.24) is 20.2 Å². The van der Waals surface area contributed by atoms with Crippen LogP contribution in [0, 0.1) is 6.92 Å². The van der Waals surface area contributed by atoms with Gasteiger partial charge in [0.2, 0.25) is 10.0 Å². The minimum atomic E-state index is -3.50. The Kier molecular flexibility index (Phi) is 5.70. The molecule has 1 aliphatic rings. The van der Waals surface area contributed by atoms with Crippen molar-refractivity contribution in [2.45, 2.75) is 55.8 Å². The van der Waals surface area contributed by atoms with Crippen molar-refractivity contribution in [3.05, 3.63) is 11.4 Å². The van der Waals surface area contributed by atoms with E-state index in [1.807, 2.05) is 6.26 Å². The molecule has 8 heteroatoms. The maximum Gasteiger partial charge on any atom is 0.244 e. The SMILES string of the molecule is CSC(C)CCNS(=O)(=O)c1c(CNC2CC2)n[nH]c1C. The molecule has 1 heterocycles. The Hall–Kier alpha value is -0.570. The molecule has 0 amide bonds. The van der Waals surface area contributed by atoms with Crippen LogP contribution in [0.2, 0.25) is 0 Å². The second-order valence-electron chi connectivity index (χ2n) is 5.51. The van der Waals surface area contributed by atoms with E-state index in [1.54, 1.807) is 18.7 Å². The summed E-state index contributed by atoms with van der Waals surface area (Å²) in [6, 6.07) is 0.521. The molecule has 3 N–H and O–H groups in total. The van der Waals surface area contributed by atoms with Gasteiger partial charge in [-0.2, -0.15) is 16.9 Å². The highest BCUT2D eigenvalue weighted by molar-refractivity contribution is 7.99. The van der Waals surface area contributed by atoms with E-state index in [2.05, 4.69) is 27.2 Å². The second kappa shape index (κ2) is 7.13. The summed E-state index contributed by atoms with van der Waals surface area (Å²) in [5.74, 6) is 0. The van der Waals surface area contributed by atoms with E-state index in [-0.39, 0.29) is 0 Å². The number of rotatable bonds is 9. The fraction of sp³-hybridized carbons (Fsp3) is 0.769. The smallest absolute Gasteiger partial charge is 0.244 e. The van der Waals surface area contributed by atoms with E-state index in [4.69, 9.17) is 0 Å². The summed E-state index contributed by atoms with van der Waals surface area (Å²) in [6.45, 7) is 4.77. The molecule has 1 fully saturated rings. The van der Waals surface area contributed by atoms with Gasteiger partial charge in [-0.15, -0.1) is 0 Å². The summed E-state index contributed by atoms with van der Waals surface area (Å²) in [5, 5.41) is 10.7. The van der Waals surface area contributed by atoms with Crippen molar-refractivity contribution in [1.29, 1.82) is 0 Å². The van der Waals surface area contributed by atoms with Crippen molar-refractivity contribution in [2.75, 3.05) is 12.8 Å². The van der Waals surface area contributed by atoms with Crippen LogP contribution in [-0.4, -0.2) is 42.7 Å². The first-order valence-corrected chi connectivity index (χ1v) is 10.0.